The number of alkyl halides is 3. The predicted octanol–water partition coefficient (Wildman–Crippen LogP) is 4.27. The molecule has 6 rings (SSSR count). The summed E-state index contributed by atoms with van der Waals surface area (Å²) in [5.41, 5.74) is 2.26. The summed E-state index contributed by atoms with van der Waals surface area (Å²) >= 11 is 0. The Morgan fingerprint density at radius 3 is 2.35 bits per heavy atom. The van der Waals surface area contributed by atoms with Crippen molar-refractivity contribution in [2.45, 2.75) is 65.6 Å². The van der Waals surface area contributed by atoms with Crippen molar-refractivity contribution >= 4 is 34.4 Å². The third-order valence-electron chi connectivity index (χ3n) is 8.89. The second-order valence-corrected chi connectivity index (χ2v) is 12.2. The van der Waals surface area contributed by atoms with Crippen molar-refractivity contribution in [1.82, 2.24) is 29.4 Å². The monoisotopic (exact) mass is 664 g/mol. The number of aromatic hydroxyl groups is 1. The summed E-state index contributed by atoms with van der Waals surface area (Å²) in [5, 5.41) is 13.1. The third kappa shape index (κ3) is 6.16. The van der Waals surface area contributed by atoms with E-state index >= 15 is 0 Å². The average Bonchev–Trinajstić information content (AvgIpc) is 3.89. The maximum atomic E-state index is 14.2. The number of pyridine rings is 1. The van der Waals surface area contributed by atoms with Crippen LogP contribution in [-0.4, -0.2) is 72.5 Å². The molecule has 1 saturated carbocycles. The van der Waals surface area contributed by atoms with E-state index in [4.69, 9.17) is 9.97 Å². The largest absolute Gasteiger partial charge is 0.504 e. The number of aromatic nitrogens is 5. The van der Waals surface area contributed by atoms with Crippen LogP contribution in [0.15, 0.2) is 29.3 Å². The predicted molar refractivity (Wildman–Crippen MR) is 171 cm³/mol. The van der Waals surface area contributed by atoms with Gasteiger partial charge in [0.1, 0.15) is 18.6 Å². The number of nitrogens with one attached hydrogen (secondary N) is 1. The van der Waals surface area contributed by atoms with Crippen LogP contribution in [-0.2, 0) is 23.9 Å². The number of amides is 2. The Bertz CT molecular complexity index is 2000. The van der Waals surface area contributed by atoms with Gasteiger partial charge in [0.2, 0.25) is 11.3 Å². The lowest BCUT2D eigenvalue weighted by Gasteiger charge is -2.37. The molecule has 0 unspecified atom stereocenters. The topological polar surface area (TPSA) is 146 Å². The number of anilines is 2. The fraction of sp³-hybridized carbons (Fsp3) is 0.424. The minimum absolute atomic E-state index is 0.0918. The molecule has 0 bridgehead atoms. The molecule has 252 valence electrons. The molecule has 1 saturated heterocycles. The molecule has 0 spiro atoms. The smallest absolute Gasteiger partial charge is 0.416 e. The van der Waals surface area contributed by atoms with Gasteiger partial charge in [0.05, 0.1) is 22.6 Å². The second-order valence-electron chi connectivity index (χ2n) is 12.2. The summed E-state index contributed by atoms with van der Waals surface area (Å²) in [6.07, 6.45) is -1.05. The van der Waals surface area contributed by atoms with Gasteiger partial charge in [-0.25, -0.2) is 19.9 Å². The molecule has 1 aromatic carbocycles. The average molecular weight is 665 g/mol. The number of fused-ring (bicyclic) bond motifs is 1. The van der Waals surface area contributed by atoms with E-state index < -0.39 is 23.6 Å². The summed E-state index contributed by atoms with van der Waals surface area (Å²) in [7, 11) is 0. The van der Waals surface area contributed by atoms with Crippen molar-refractivity contribution in [3.8, 4) is 5.75 Å². The Kier molecular flexibility index (Phi) is 8.56. The molecular formula is C33H35F3N8O4. The zero-order valence-corrected chi connectivity index (χ0v) is 27.0. The van der Waals surface area contributed by atoms with Crippen LogP contribution in [0.25, 0.3) is 11.2 Å². The van der Waals surface area contributed by atoms with E-state index in [1.165, 1.54) is 19.3 Å². The number of hydrogen-bond donors (Lipinski definition) is 2. The van der Waals surface area contributed by atoms with Crippen LogP contribution < -0.4 is 15.6 Å². The molecule has 12 nitrogen and oxygen atoms in total. The van der Waals surface area contributed by atoms with Gasteiger partial charge in [-0.15, -0.1) is 0 Å². The minimum Gasteiger partial charge on any atom is -0.504 e. The van der Waals surface area contributed by atoms with E-state index in [2.05, 4.69) is 15.3 Å². The Morgan fingerprint density at radius 2 is 1.73 bits per heavy atom. The van der Waals surface area contributed by atoms with Crippen molar-refractivity contribution in [2.24, 2.45) is 0 Å². The highest BCUT2D eigenvalue weighted by atomic mass is 19.4. The highest BCUT2D eigenvalue weighted by molar-refractivity contribution is 5.95. The first-order valence-corrected chi connectivity index (χ1v) is 15.7. The van der Waals surface area contributed by atoms with Gasteiger partial charge >= 0.3 is 6.18 Å². The van der Waals surface area contributed by atoms with Crippen LogP contribution in [0.4, 0.5) is 24.5 Å². The lowest BCUT2D eigenvalue weighted by Crippen LogP contribution is -2.50. The lowest BCUT2D eigenvalue weighted by molar-refractivity contribution is -0.137. The Labute approximate surface area is 273 Å². The molecule has 2 fully saturated rings. The number of carbonyl (C=O) groups excluding carboxylic acids is 2. The second kappa shape index (κ2) is 12.5. The van der Waals surface area contributed by atoms with Crippen molar-refractivity contribution in [2.75, 3.05) is 36.4 Å². The summed E-state index contributed by atoms with van der Waals surface area (Å²) in [5.74, 6) is -1.02. The Hall–Kier alpha value is -5.08. The molecule has 2 aliphatic rings. The fourth-order valence-electron chi connectivity index (χ4n) is 6.18. The van der Waals surface area contributed by atoms with E-state index in [1.54, 1.807) is 16.4 Å². The molecule has 2 amide bonds. The SMILES string of the molecule is CCc1c(N2CCN(C(=O)c3ncnc(C)c3O)CC2)c(=O)c2nc(C3CC3)c(C)nc2n1CC(=O)Nc1ccc(C(F)(F)F)cc1C. The summed E-state index contributed by atoms with van der Waals surface area (Å²) in [6, 6.07) is 3.12. The molecule has 0 atom stereocenters. The van der Waals surface area contributed by atoms with Crippen molar-refractivity contribution < 1.29 is 27.9 Å². The zero-order valence-electron chi connectivity index (χ0n) is 27.0. The van der Waals surface area contributed by atoms with Crippen LogP contribution in [0.3, 0.4) is 0 Å². The van der Waals surface area contributed by atoms with Crippen molar-refractivity contribution in [1.29, 1.82) is 0 Å². The first kappa shape index (κ1) is 32.8. The van der Waals surface area contributed by atoms with Gasteiger partial charge in [-0.3, -0.25) is 14.4 Å². The molecule has 4 heterocycles. The highest BCUT2D eigenvalue weighted by Crippen LogP contribution is 2.40. The van der Waals surface area contributed by atoms with Gasteiger partial charge in [-0.2, -0.15) is 13.2 Å². The van der Waals surface area contributed by atoms with Crippen LogP contribution in [0.2, 0.25) is 0 Å². The van der Waals surface area contributed by atoms with Crippen LogP contribution >= 0.6 is 0 Å². The maximum absolute atomic E-state index is 14.2. The molecule has 2 N–H and O–H groups in total. The van der Waals surface area contributed by atoms with Crippen LogP contribution in [0.5, 0.6) is 5.75 Å². The van der Waals surface area contributed by atoms with E-state index in [9.17, 15) is 32.7 Å². The van der Waals surface area contributed by atoms with Gasteiger partial charge in [0.25, 0.3) is 5.91 Å². The number of aryl methyl sites for hydroxylation is 3. The molecular weight excluding hydrogens is 629 g/mol. The molecule has 1 aliphatic heterocycles. The van der Waals surface area contributed by atoms with Crippen LogP contribution in [0, 0.1) is 20.8 Å². The maximum Gasteiger partial charge on any atom is 0.416 e. The highest BCUT2D eigenvalue weighted by Gasteiger charge is 2.33. The first-order chi connectivity index (χ1) is 22.8. The Balaban J connectivity index is 1.35. The quantitative estimate of drug-likeness (QED) is 0.296. The van der Waals surface area contributed by atoms with E-state index in [1.807, 2.05) is 18.7 Å². The number of hydrogen-bond acceptors (Lipinski definition) is 9. The van der Waals surface area contributed by atoms with E-state index in [-0.39, 0.29) is 83.6 Å². The van der Waals surface area contributed by atoms with Gasteiger partial charge < -0.3 is 24.8 Å². The van der Waals surface area contributed by atoms with Crippen molar-refractivity contribution in [3.05, 3.63) is 74.3 Å². The fourth-order valence-corrected chi connectivity index (χ4v) is 6.18. The van der Waals surface area contributed by atoms with E-state index in [0.29, 0.717) is 23.5 Å². The molecule has 4 aromatic rings. The number of nitrogens with zero attached hydrogens (tertiary/aromatic N) is 7. The Morgan fingerprint density at radius 1 is 1.02 bits per heavy atom. The molecule has 15 heteroatoms. The summed E-state index contributed by atoms with van der Waals surface area (Å²) < 4.78 is 41.3. The zero-order chi connectivity index (χ0) is 34.5. The number of rotatable bonds is 7. The standard InChI is InChI=1S/C33H35F3N8O4/c1-5-23-28(42-10-12-43(13-11-42)32(48)27-29(46)19(4)37-16-38-27)30(47)26-31(39-18(3)25(41-26)20-6-7-20)44(23)15-24(45)40-22-9-8-21(14-17(22)2)33(34,35)36/h8-9,14,16,20,46H,5-7,10-13,15H2,1-4H3,(H,40,45). The summed E-state index contributed by atoms with van der Waals surface area (Å²) in [4.78, 5) is 61.8. The molecule has 3 aromatic heterocycles. The first-order valence-electron chi connectivity index (χ1n) is 15.7. The van der Waals surface area contributed by atoms with Gasteiger partial charge in [0.15, 0.2) is 22.6 Å². The number of piperazine rings is 1. The van der Waals surface area contributed by atoms with Crippen molar-refractivity contribution in [3.63, 3.8) is 0 Å². The van der Waals surface area contributed by atoms with Gasteiger partial charge in [0, 0.05) is 43.5 Å². The summed E-state index contributed by atoms with van der Waals surface area (Å²) in [6.45, 7) is 7.53. The van der Waals surface area contributed by atoms with Crippen LogP contribution in [0.1, 0.15) is 70.1 Å². The number of halogens is 3. The molecule has 0 radical (unpaired) electrons. The third-order valence-corrected chi connectivity index (χ3v) is 8.89. The number of benzene rings is 1. The van der Waals surface area contributed by atoms with Gasteiger partial charge in [-0.1, -0.05) is 6.92 Å². The minimum atomic E-state index is -4.51. The number of carbonyl (C=O) groups is 2. The molecule has 1 aliphatic carbocycles. The van der Waals surface area contributed by atoms with E-state index in [0.717, 1.165) is 30.7 Å². The molecule has 48 heavy (non-hydrogen) atoms. The van der Waals surface area contributed by atoms with Gasteiger partial charge in [-0.05, 0) is 63.8 Å². The normalized spacial score (nSPS) is 15.2. The lowest BCUT2D eigenvalue weighted by atomic mass is 10.1.